The van der Waals surface area contributed by atoms with Gasteiger partial charge in [-0.15, -0.1) is 0 Å². The molecule has 11 heteroatoms. The molecule has 2 heterocycles. The smallest absolute Gasteiger partial charge is 0.423 e. The molecule has 33 heavy (non-hydrogen) atoms. The van der Waals surface area contributed by atoms with Crippen LogP contribution in [0.3, 0.4) is 0 Å². The summed E-state index contributed by atoms with van der Waals surface area (Å²) in [7, 11) is 0. The quantitative estimate of drug-likeness (QED) is 0.628. The van der Waals surface area contributed by atoms with E-state index in [2.05, 4.69) is 9.97 Å². The Morgan fingerprint density at radius 3 is 2.48 bits per heavy atom. The molecular weight excluding hydrogens is 441 g/mol. The Morgan fingerprint density at radius 2 is 1.97 bits per heavy atom. The highest BCUT2D eigenvalue weighted by Crippen LogP contribution is 2.41. The predicted octanol–water partition coefficient (Wildman–Crippen LogP) is 3.46. The minimum Gasteiger partial charge on any atom is -0.444 e. The number of nitrogens with zero attached hydrogens (tertiary/aromatic N) is 3. The van der Waals surface area contributed by atoms with Crippen molar-refractivity contribution in [2.45, 2.75) is 57.5 Å². The van der Waals surface area contributed by atoms with Crippen molar-refractivity contribution in [2.75, 3.05) is 18.9 Å². The molecule has 4 N–H and O–H groups in total. The summed E-state index contributed by atoms with van der Waals surface area (Å²) >= 11 is 0. The van der Waals surface area contributed by atoms with Crippen LogP contribution in [0.15, 0.2) is 24.4 Å². The molecule has 8 nitrogen and oxygen atoms in total. The lowest BCUT2D eigenvalue weighted by Crippen LogP contribution is -2.48. The number of aryl methyl sites for hydroxylation is 1. The van der Waals surface area contributed by atoms with Gasteiger partial charge in [-0.1, -0.05) is 12.1 Å². The van der Waals surface area contributed by atoms with E-state index in [4.69, 9.17) is 10.5 Å². The summed E-state index contributed by atoms with van der Waals surface area (Å²) in [5.41, 5.74) is 2.74. The number of nitrogen functional groups attached to an aromatic ring is 1. The van der Waals surface area contributed by atoms with Gasteiger partial charge in [0.15, 0.2) is 0 Å². The van der Waals surface area contributed by atoms with Crippen LogP contribution in [0.25, 0.3) is 11.3 Å². The van der Waals surface area contributed by atoms with Crippen LogP contribution in [0, 0.1) is 6.92 Å². The second-order valence-corrected chi connectivity index (χ2v) is 9.05. The largest absolute Gasteiger partial charge is 0.444 e. The fraction of sp³-hybridized carbons (Fsp3) is 0.500. The second-order valence-electron chi connectivity index (χ2n) is 9.05. The first-order valence-electron chi connectivity index (χ1n) is 10.3. The maximum Gasteiger partial charge on any atom is 0.423 e. The van der Waals surface area contributed by atoms with Crippen molar-refractivity contribution in [3.05, 3.63) is 41.2 Å². The first-order valence-corrected chi connectivity index (χ1v) is 10.3. The number of halogens is 3. The van der Waals surface area contributed by atoms with Gasteiger partial charge in [-0.05, 0) is 51.3 Å². The van der Waals surface area contributed by atoms with Crippen LogP contribution in [0.1, 0.15) is 50.1 Å². The van der Waals surface area contributed by atoms with Gasteiger partial charge in [0.05, 0.1) is 24.5 Å². The average Bonchev–Trinajstić information content (AvgIpc) is 2.66. The Bertz CT molecular complexity index is 1050. The Morgan fingerprint density at radius 1 is 1.30 bits per heavy atom. The van der Waals surface area contributed by atoms with Gasteiger partial charge >= 0.3 is 12.3 Å². The van der Waals surface area contributed by atoms with E-state index in [0.29, 0.717) is 24.2 Å². The number of ether oxygens (including phenoxy) is 1. The molecule has 0 saturated carbocycles. The average molecular weight is 468 g/mol. The molecule has 1 aliphatic rings. The number of anilines is 1. The van der Waals surface area contributed by atoms with Crippen LogP contribution < -0.4 is 5.73 Å². The van der Waals surface area contributed by atoms with Crippen LogP contribution in [-0.2, 0) is 10.3 Å². The van der Waals surface area contributed by atoms with Crippen LogP contribution in [0.4, 0.5) is 23.8 Å². The van der Waals surface area contributed by atoms with Crippen molar-refractivity contribution >= 4 is 11.9 Å². The fourth-order valence-electron chi connectivity index (χ4n) is 3.50. The number of aromatic nitrogens is 2. The van der Waals surface area contributed by atoms with E-state index < -0.39 is 41.7 Å². The van der Waals surface area contributed by atoms with Gasteiger partial charge in [0.2, 0.25) is 5.60 Å². The number of aliphatic hydroxyl groups excluding tert-OH is 1. The predicted molar refractivity (Wildman–Crippen MR) is 114 cm³/mol. The van der Waals surface area contributed by atoms with Gasteiger partial charge in [-0.25, -0.2) is 14.8 Å². The summed E-state index contributed by atoms with van der Waals surface area (Å²) < 4.78 is 45.7. The van der Waals surface area contributed by atoms with E-state index in [1.165, 1.54) is 17.2 Å². The molecule has 1 aromatic carbocycles. The molecule has 0 bridgehead atoms. The van der Waals surface area contributed by atoms with Crippen molar-refractivity contribution < 1.29 is 32.9 Å². The van der Waals surface area contributed by atoms with Gasteiger partial charge in [-0.2, -0.15) is 13.2 Å². The molecule has 2 atom stereocenters. The number of hydrogen-bond donors (Lipinski definition) is 3. The molecule has 1 amide bonds. The number of rotatable bonds is 4. The fourth-order valence-corrected chi connectivity index (χ4v) is 3.50. The van der Waals surface area contributed by atoms with E-state index >= 15 is 0 Å². The maximum atomic E-state index is 13.4. The number of alkyl halides is 3. The Labute approximate surface area is 189 Å². The lowest BCUT2D eigenvalue weighted by Gasteiger charge is -2.41. The zero-order valence-electron chi connectivity index (χ0n) is 18.8. The van der Waals surface area contributed by atoms with Gasteiger partial charge in [0.1, 0.15) is 17.1 Å². The Balaban J connectivity index is 2.00. The number of likely N-dealkylation sites (tertiary alicyclic amines) is 1. The minimum atomic E-state index is -5.09. The topological polar surface area (TPSA) is 122 Å². The third-order valence-electron chi connectivity index (χ3n) is 5.48. The molecule has 1 aliphatic heterocycles. The molecule has 0 aliphatic carbocycles. The standard InChI is InChI=1S/C22H27F3N4O4/c1-12-5-6-13(21(32,11-30)22(23,24)25)9-14(12)15-10-27-18(26)17(28-15)16-7-8-29(16)19(31)33-20(2,3)4/h5-6,9-10,16,30,32H,7-8,11H2,1-4H3,(H2,26,27). The molecule has 3 rings (SSSR count). The summed E-state index contributed by atoms with van der Waals surface area (Å²) in [5, 5.41) is 19.4. The van der Waals surface area contributed by atoms with Gasteiger partial charge in [-0.3, -0.25) is 4.90 Å². The number of amides is 1. The van der Waals surface area contributed by atoms with E-state index in [9.17, 15) is 28.2 Å². The molecule has 1 aromatic heterocycles. The van der Waals surface area contributed by atoms with Crippen LogP contribution in [0.5, 0.6) is 0 Å². The van der Waals surface area contributed by atoms with Crippen molar-refractivity contribution in [1.29, 1.82) is 0 Å². The number of benzene rings is 1. The molecule has 180 valence electrons. The Kier molecular flexibility index (Phi) is 6.33. The van der Waals surface area contributed by atoms with E-state index in [1.54, 1.807) is 27.7 Å². The summed E-state index contributed by atoms with van der Waals surface area (Å²) in [6, 6.07) is 3.13. The van der Waals surface area contributed by atoms with E-state index in [-0.39, 0.29) is 17.1 Å². The normalized spacial score (nSPS) is 18.5. The van der Waals surface area contributed by atoms with Gasteiger partial charge < -0.3 is 20.7 Å². The Hall–Kier alpha value is -2.92. The van der Waals surface area contributed by atoms with Crippen LogP contribution in [-0.4, -0.2) is 56.1 Å². The zero-order valence-corrected chi connectivity index (χ0v) is 18.8. The monoisotopic (exact) mass is 468 g/mol. The summed E-state index contributed by atoms with van der Waals surface area (Å²) in [5.74, 6) is 0.0907. The van der Waals surface area contributed by atoms with Crippen LogP contribution in [0.2, 0.25) is 0 Å². The number of aliphatic hydroxyl groups is 2. The number of carbonyl (C=O) groups is 1. The molecular formula is C22H27F3N4O4. The lowest BCUT2D eigenvalue weighted by atomic mass is 9.90. The van der Waals surface area contributed by atoms with Crippen molar-refractivity contribution in [1.82, 2.24) is 14.9 Å². The highest BCUT2D eigenvalue weighted by molar-refractivity contribution is 5.71. The highest BCUT2D eigenvalue weighted by atomic mass is 19.4. The summed E-state index contributed by atoms with van der Waals surface area (Å²) in [6.45, 7) is 5.81. The highest BCUT2D eigenvalue weighted by Gasteiger charge is 2.54. The third-order valence-corrected chi connectivity index (χ3v) is 5.48. The zero-order chi connectivity index (χ0) is 24.8. The summed E-state index contributed by atoms with van der Waals surface area (Å²) in [4.78, 5) is 22.6. The first-order chi connectivity index (χ1) is 15.2. The van der Waals surface area contributed by atoms with Crippen molar-refractivity contribution in [3.8, 4) is 11.3 Å². The number of carbonyl (C=O) groups excluding carboxylic acids is 1. The van der Waals surface area contributed by atoms with E-state index in [0.717, 1.165) is 12.1 Å². The van der Waals surface area contributed by atoms with Gasteiger partial charge in [0, 0.05) is 12.1 Å². The molecule has 2 aromatic rings. The molecule has 0 spiro atoms. The van der Waals surface area contributed by atoms with Crippen molar-refractivity contribution in [3.63, 3.8) is 0 Å². The molecule has 2 unspecified atom stereocenters. The van der Waals surface area contributed by atoms with Gasteiger partial charge in [0.25, 0.3) is 0 Å². The SMILES string of the molecule is Cc1ccc(C(O)(CO)C(F)(F)F)cc1-c1cnc(N)c(C2CCN2C(=O)OC(C)(C)C)n1. The van der Waals surface area contributed by atoms with Crippen molar-refractivity contribution in [2.24, 2.45) is 0 Å². The minimum absolute atomic E-state index is 0.0907. The maximum absolute atomic E-state index is 13.4. The third kappa shape index (κ3) is 4.74. The molecule has 0 radical (unpaired) electrons. The number of nitrogens with two attached hydrogens (primary N) is 1. The first kappa shape index (κ1) is 24.7. The van der Waals surface area contributed by atoms with Crippen LogP contribution >= 0.6 is 0 Å². The number of hydrogen-bond acceptors (Lipinski definition) is 7. The molecule has 1 saturated heterocycles. The lowest BCUT2D eigenvalue weighted by molar-refractivity contribution is -0.277. The summed E-state index contributed by atoms with van der Waals surface area (Å²) in [6.07, 6.45) is -3.74. The van der Waals surface area contributed by atoms with E-state index in [1.807, 2.05) is 0 Å². The second kappa shape index (κ2) is 8.45. The molecule has 1 fully saturated rings.